The number of halogens is 3. The summed E-state index contributed by atoms with van der Waals surface area (Å²) < 4.78 is 35.8. The molecule has 0 aliphatic carbocycles. The van der Waals surface area contributed by atoms with Gasteiger partial charge in [-0.05, 0) is 6.92 Å². The van der Waals surface area contributed by atoms with Crippen LogP contribution < -0.4 is 5.32 Å². The van der Waals surface area contributed by atoms with Crippen LogP contribution in [-0.4, -0.2) is 17.2 Å². The third kappa shape index (κ3) is 4.57. The lowest BCUT2D eigenvalue weighted by Gasteiger charge is -2.14. The molecule has 0 aromatic carbocycles. The Morgan fingerprint density at radius 3 is 2.79 bits per heavy atom. The van der Waals surface area contributed by atoms with Crippen LogP contribution in [0, 0.1) is 0 Å². The molecule has 1 aromatic rings. The van der Waals surface area contributed by atoms with Crippen molar-refractivity contribution in [2.24, 2.45) is 0 Å². The van der Waals surface area contributed by atoms with Gasteiger partial charge in [0.25, 0.3) is 0 Å². The molecule has 80 valence electrons. The maximum absolute atomic E-state index is 11.9. The molecule has 6 heteroatoms. The summed E-state index contributed by atoms with van der Waals surface area (Å²) in [6.07, 6.45) is -3.27. The van der Waals surface area contributed by atoms with Crippen molar-refractivity contribution in [1.29, 1.82) is 0 Å². The Bertz CT molecular complexity index is 258. The van der Waals surface area contributed by atoms with Crippen LogP contribution in [0.4, 0.5) is 13.2 Å². The van der Waals surface area contributed by atoms with E-state index in [1.165, 1.54) is 18.3 Å². The van der Waals surface area contributed by atoms with Crippen LogP contribution >= 0.6 is 11.3 Å². The van der Waals surface area contributed by atoms with Crippen molar-refractivity contribution in [1.82, 2.24) is 10.3 Å². The first-order valence-corrected chi connectivity index (χ1v) is 5.04. The van der Waals surface area contributed by atoms with Gasteiger partial charge in [0, 0.05) is 24.2 Å². The molecule has 0 amide bonds. The van der Waals surface area contributed by atoms with E-state index in [-0.39, 0.29) is 0 Å². The maximum Gasteiger partial charge on any atom is 0.390 e. The lowest BCUT2D eigenvalue weighted by atomic mass is 10.2. The number of nitrogens with one attached hydrogen (secondary N) is 1. The van der Waals surface area contributed by atoms with Crippen molar-refractivity contribution in [3.05, 3.63) is 16.6 Å². The fourth-order valence-corrected chi connectivity index (χ4v) is 1.59. The Hall–Kier alpha value is -0.620. The fraction of sp³-hybridized carbons (Fsp3) is 0.625. The van der Waals surface area contributed by atoms with Crippen molar-refractivity contribution in [2.75, 3.05) is 0 Å². The predicted molar refractivity (Wildman–Crippen MR) is 49.1 cm³/mol. The molecule has 1 N–H and O–H groups in total. The summed E-state index contributed by atoms with van der Waals surface area (Å²) in [5, 5.41) is 5.37. The van der Waals surface area contributed by atoms with Gasteiger partial charge in [-0.15, -0.1) is 11.3 Å². The van der Waals surface area contributed by atoms with Gasteiger partial charge in [-0.3, -0.25) is 0 Å². The molecule has 0 saturated carbocycles. The van der Waals surface area contributed by atoms with Gasteiger partial charge in [0.1, 0.15) is 5.01 Å². The van der Waals surface area contributed by atoms with Crippen molar-refractivity contribution in [3.63, 3.8) is 0 Å². The third-order valence-electron chi connectivity index (χ3n) is 1.62. The molecule has 2 nitrogen and oxygen atoms in total. The molecule has 0 radical (unpaired) electrons. The number of nitrogens with zero attached hydrogens (tertiary/aromatic N) is 1. The quantitative estimate of drug-likeness (QED) is 0.850. The zero-order valence-electron chi connectivity index (χ0n) is 7.64. The number of aromatic nitrogens is 1. The summed E-state index contributed by atoms with van der Waals surface area (Å²) in [6, 6.07) is -0.570. The second-order valence-electron chi connectivity index (χ2n) is 3.03. The zero-order chi connectivity index (χ0) is 10.6. The van der Waals surface area contributed by atoms with Crippen LogP contribution in [-0.2, 0) is 6.54 Å². The first-order valence-electron chi connectivity index (χ1n) is 4.16. The summed E-state index contributed by atoms with van der Waals surface area (Å²) in [4.78, 5) is 3.96. The molecule has 1 atom stereocenters. The van der Waals surface area contributed by atoms with Crippen molar-refractivity contribution >= 4 is 11.3 Å². The molecule has 14 heavy (non-hydrogen) atoms. The van der Waals surface area contributed by atoms with Crippen LogP contribution in [0.5, 0.6) is 0 Å². The maximum atomic E-state index is 11.9. The van der Waals surface area contributed by atoms with Gasteiger partial charge in [0.15, 0.2) is 0 Å². The SMILES string of the molecule is CC(CC(F)(F)F)NCc1nccs1. The number of hydrogen-bond donors (Lipinski definition) is 1. The van der Waals surface area contributed by atoms with Crippen LogP contribution in [0.3, 0.4) is 0 Å². The molecule has 1 unspecified atom stereocenters. The minimum absolute atomic E-state index is 0.398. The molecule has 1 aromatic heterocycles. The number of rotatable bonds is 4. The average Bonchev–Trinajstić information content (AvgIpc) is 2.49. The number of thiazole rings is 1. The molecule has 0 fully saturated rings. The van der Waals surface area contributed by atoms with Gasteiger partial charge in [0.2, 0.25) is 0 Å². The van der Waals surface area contributed by atoms with Gasteiger partial charge >= 0.3 is 6.18 Å². The first-order chi connectivity index (χ1) is 6.47. The minimum atomic E-state index is -4.10. The molecule has 0 saturated heterocycles. The van der Waals surface area contributed by atoms with E-state index in [9.17, 15) is 13.2 Å². The predicted octanol–water partition coefficient (Wildman–Crippen LogP) is 2.57. The second kappa shape index (κ2) is 4.75. The zero-order valence-corrected chi connectivity index (χ0v) is 8.45. The van der Waals surface area contributed by atoms with Crippen LogP contribution in [0.15, 0.2) is 11.6 Å². The highest BCUT2D eigenvalue weighted by Crippen LogP contribution is 2.21. The summed E-state index contributed by atoms with van der Waals surface area (Å²) >= 11 is 1.43. The Balaban J connectivity index is 2.25. The minimum Gasteiger partial charge on any atom is -0.308 e. The van der Waals surface area contributed by atoms with E-state index in [2.05, 4.69) is 10.3 Å². The molecule has 0 bridgehead atoms. The van der Waals surface area contributed by atoms with Gasteiger partial charge in [-0.1, -0.05) is 0 Å². The molecule has 0 aliphatic heterocycles. The highest BCUT2D eigenvalue weighted by molar-refractivity contribution is 7.09. The average molecular weight is 224 g/mol. The van der Waals surface area contributed by atoms with E-state index in [0.29, 0.717) is 6.54 Å². The number of alkyl halides is 3. The molecular weight excluding hydrogens is 213 g/mol. The Kier molecular flexibility index (Phi) is 3.88. The standard InChI is InChI=1S/C8H11F3N2S/c1-6(4-8(9,10)11)13-5-7-12-2-3-14-7/h2-3,6,13H,4-5H2,1H3. The van der Waals surface area contributed by atoms with Gasteiger partial charge in [0.05, 0.1) is 6.42 Å². The summed E-state index contributed by atoms with van der Waals surface area (Å²) in [7, 11) is 0. The monoisotopic (exact) mass is 224 g/mol. The van der Waals surface area contributed by atoms with E-state index < -0.39 is 18.6 Å². The number of hydrogen-bond acceptors (Lipinski definition) is 3. The Labute approximate surface area is 84.2 Å². The Morgan fingerprint density at radius 2 is 2.29 bits per heavy atom. The molecule has 0 aliphatic rings. The van der Waals surface area contributed by atoms with Crippen LogP contribution in [0.2, 0.25) is 0 Å². The molecule has 0 spiro atoms. The third-order valence-corrected chi connectivity index (χ3v) is 2.40. The molecule has 1 heterocycles. The lowest BCUT2D eigenvalue weighted by molar-refractivity contribution is -0.139. The highest BCUT2D eigenvalue weighted by atomic mass is 32.1. The normalized spacial score (nSPS) is 14.3. The van der Waals surface area contributed by atoms with Crippen LogP contribution in [0.1, 0.15) is 18.4 Å². The smallest absolute Gasteiger partial charge is 0.308 e. The van der Waals surface area contributed by atoms with Crippen molar-refractivity contribution in [2.45, 2.75) is 32.1 Å². The summed E-state index contributed by atoms with van der Waals surface area (Å²) in [5.41, 5.74) is 0. The van der Waals surface area contributed by atoms with E-state index >= 15 is 0 Å². The topological polar surface area (TPSA) is 24.9 Å². The van der Waals surface area contributed by atoms with Crippen molar-refractivity contribution in [3.8, 4) is 0 Å². The highest BCUT2D eigenvalue weighted by Gasteiger charge is 2.29. The van der Waals surface area contributed by atoms with Gasteiger partial charge < -0.3 is 5.32 Å². The molecule has 1 rings (SSSR count). The van der Waals surface area contributed by atoms with E-state index in [0.717, 1.165) is 5.01 Å². The van der Waals surface area contributed by atoms with E-state index in [4.69, 9.17) is 0 Å². The van der Waals surface area contributed by atoms with Gasteiger partial charge in [-0.2, -0.15) is 13.2 Å². The van der Waals surface area contributed by atoms with Gasteiger partial charge in [-0.25, -0.2) is 4.98 Å². The Morgan fingerprint density at radius 1 is 1.57 bits per heavy atom. The lowest BCUT2D eigenvalue weighted by Crippen LogP contribution is -2.30. The second-order valence-corrected chi connectivity index (χ2v) is 4.01. The molecular formula is C8H11F3N2S. The fourth-order valence-electron chi connectivity index (χ4n) is 1.02. The summed E-state index contributed by atoms with van der Waals surface area (Å²) in [5.74, 6) is 0. The van der Waals surface area contributed by atoms with Crippen molar-refractivity contribution < 1.29 is 13.2 Å². The van der Waals surface area contributed by atoms with E-state index in [1.54, 1.807) is 11.6 Å². The van der Waals surface area contributed by atoms with E-state index in [1.807, 2.05) is 0 Å². The summed E-state index contributed by atoms with van der Waals surface area (Å²) in [6.45, 7) is 1.91. The largest absolute Gasteiger partial charge is 0.390 e. The first kappa shape index (κ1) is 11.5. The van der Waals surface area contributed by atoms with Crippen LogP contribution in [0.25, 0.3) is 0 Å².